The van der Waals surface area contributed by atoms with Crippen LogP contribution in [0.5, 0.6) is 0 Å². The number of aryl methyl sites for hydroxylation is 1. The van der Waals surface area contributed by atoms with Crippen molar-refractivity contribution in [1.82, 2.24) is 5.32 Å². The van der Waals surface area contributed by atoms with Crippen LogP contribution in [0.3, 0.4) is 0 Å². The van der Waals surface area contributed by atoms with E-state index in [1.54, 1.807) is 17.0 Å². The molecule has 0 saturated heterocycles. The summed E-state index contributed by atoms with van der Waals surface area (Å²) in [6.07, 6.45) is 0.860. The molecule has 2 aromatic rings. The van der Waals surface area contributed by atoms with Crippen LogP contribution in [0, 0.1) is 12.8 Å². The van der Waals surface area contributed by atoms with Crippen LogP contribution < -0.4 is 10.2 Å². The van der Waals surface area contributed by atoms with Gasteiger partial charge in [-0.3, -0.25) is 9.59 Å². The zero-order valence-electron chi connectivity index (χ0n) is 15.0. The van der Waals surface area contributed by atoms with Crippen LogP contribution in [0.2, 0.25) is 0 Å². The zero-order chi connectivity index (χ0) is 18.0. The molecule has 1 unspecified atom stereocenters. The fourth-order valence-corrected chi connectivity index (χ4v) is 3.18. The molecule has 0 fully saturated rings. The summed E-state index contributed by atoms with van der Waals surface area (Å²) in [5.74, 6) is -0.241. The highest BCUT2D eigenvalue weighted by molar-refractivity contribution is 6.03. The van der Waals surface area contributed by atoms with Crippen LogP contribution in [-0.4, -0.2) is 24.4 Å². The van der Waals surface area contributed by atoms with E-state index in [1.165, 1.54) is 5.56 Å². The van der Waals surface area contributed by atoms with Gasteiger partial charge in [0.15, 0.2) is 0 Å². The maximum absolute atomic E-state index is 13.1. The molecule has 1 aliphatic heterocycles. The second kappa shape index (κ2) is 7.09. The molecule has 2 aromatic carbocycles. The van der Waals surface area contributed by atoms with Crippen molar-refractivity contribution in [1.29, 1.82) is 0 Å². The monoisotopic (exact) mass is 336 g/mol. The lowest BCUT2D eigenvalue weighted by Crippen LogP contribution is -2.51. The average Bonchev–Trinajstić information content (AvgIpc) is 3.03. The van der Waals surface area contributed by atoms with Gasteiger partial charge in [-0.1, -0.05) is 49.7 Å². The molecule has 130 valence electrons. The van der Waals surface area contributed by atoms with Crippen LogP contribution in [0.15, 0.2) is 48.5 Å². The second-order valence-corrected chi connectivity index (χ2v) is 6.93. The van der Waals surface area contributed by atoms with Crippen LogP contribution in [0.4, 0.5) is 5.69 Å². The first-order valence-corrected chi connectivity index (χ1v) is 8.74. The number of rotatable bonds is 4. The Morgan fingerprint density at radius 3 is 2.40 bits per heavy atom. The van der Waals surface area contributed by atoms with Crippen molar-refractivity contribution >= 4 is 17.5 Å². The standard InChI is InChI=1S/C21H24N2O2/c1-14(2)19(22-20(24)17-10-8-15(3)9-11-17)21(25)23-13-12-16-6-4-5-7-18(16)23/h4-11,14,19H,12-13H2,1-3H3,(H,22,24). The molecule has 0 aliphatic carbocycles. The number of nitrogens with one attached hydrogen (secondary N) is 1. The minimum absolute atomic E-state index is 0.00895. The number of carbonyl (C=O) groups is 2. The van der Waals surface area contributed by atoms with E-state index in [2.05, 4.69) is 11.4 Å². The van der Waals surface area contributed by atoms with Crippen molar-refractivity contribution in [2.45, 2.75) is 33.2 Å². The quantitative estimate of drug-likeness (QED) is 0.931. The van der Waals surface area contributed by atoms with Gasteiger partial charge >= 0.3 is 0 Å². The molecule has 1 aliphatic rings. The molecule has 4 nitrogen and oxygen atoms in total. The maximum atomic E-state index is 13.1. The molecule has 1 atom stereocenters. The van der Waals surface area contributed by atoms with Crippen LogP contribution in [0.25, 0.3) is 0 Å². The summed E-state index contributed by atoms with van der Waals surface area (Å²) >= 11 is 0. The normalized spacial score (nSPS) is 14.3. The number of fused-ring (bicyclic) bond motifs is 1. The Balaban J connectivity index is 1.78. The van der Waals surface area contributed by atoms with Gasteiger partial charge in [-0.05, 0) is 43.0 Å². The molecule has 4 heteroatoms. The molecule has 25 heavy (non-hydrogen) atoms. The number of para-hydroxylation sites is 1. The van der Waals surface area contributed by atoms with E-state index in [0.29, 0.717) is 12.1 Å². The van der Waals surface area contributed by atoms with Gasteiger partial charge in [-0.2, -0.15) is 0 Å². The summed E-state index contributed by atoms with van der Waals surface area (Å²) in [6.45, 7) is 6.56. The van der Waals surface area contributed by atoms with Crippen molar-refractivity contribution in [3.05, 3.63) is 65.2 Å². The molecular formula is C21H24N2O2. The average molecular weight is 336 g/mol. The van der Waals surface area contributed by atoms with E-state index >= 15 is 0 Å². The highest BCUT2D eigenvalue weighted by Gasteiger charge is 2.32. The predicted octanol–water partition coefficient (Wildman–Crippen LogP) is 3.34. The van der Waals surface area contributed by atoms with E-state index in [4.69, 9.17) is 0 Å². The van der Waals surface area contributed by atoms with Crippen LogP contribution in [-0.2, 0) is 11.2 Å². The molecule has 2 amide bonds. The summed E-state index contributed by atoms with van der Waals surface area (Å²) in [4.78, 5) is 27.4. The second-order valence-electron chi connectivity index (χ2n) is 6.93. The summed E-state index contributed by atoms with van der Waals surface area (Å²) in [6, 6.07) is 14.8. The van der Waals surface area contributed by atoms with Crippen LogP contribution in [0.1, 0.15) is 35.3 Å². The van der Waals surface area contributed by atoms with Crippen molar-refractivity contribution in [3.8, 4) is 0 Å². The minimum atomic E-state index is -0.542. The third kappa shape index (κ3) is 3.58. The Morgan fingerprint density at radius 1 is 1.04 bits per heavy atom. The Kier molecular flexibility index (Phi) is 4.88. The van der Waals surface area contributed by atoms with Gasteiger partial charge < -0.3 is 10.2 Å². The van der Waals surface area contributed by atoms with Gasteiger partial charge in [0.1, 0.15) is 6.04 Å². The fourth-order valence-electron chi connectivity index (χ4n) is 3.18. The summed E-state index contributed by atoms with van der Waals surface area (Å²) in [7, 11) is 0. The Hall–Kier alpha value is -2.62. The van der Waals surface area contributed by atoms with Gasteiger partial charge in [-0.15, -0.1) is 0 Å². The molecular weight excluding hydrogens is 312 g/mol. The van der Waals surface area contributed by atoms with Gasteiger partial charge in [0.25, 0.3) is 5.91 Å². The molecule has 0 radical (unpaired) electrons. The zero-order valence-corrected chi connectivity index (χ0v) is 15.0. The Morgan fingerprint density at radius 2 is 1.72 bits per heavy atom. The molecule has 0 spiro atoms. The largest absolute Gasteiger partial charge is 0.340 e. The van der Waals surface area contributed by atoms with Crippen molar-refractivity contribution in [3.63, 3.8) is 0 Å². The van der Waals surface area contributed by atoms with E-state index in [9.17, 15) is 9.59 Å². The number of hydrogen-bond acceptors (Lipinski definition) is 2. The molecule has 1 N–H and O–H groups in total. The summed E-state index contributed by atoms with van der Waals surface area (Å²) in [5.41, 5.74) is 3.82. The molecule has 3 rings (SSSR count). The number of benzene rings is 2. The first-order chi connectivity index (χ1) is 12.0. The minimum Gasteiger partial charge on any atom is -0.340 e. The number of amides is 2. The summed E-state index contributed by atoms with van der Waals surface area (Å²) < 4.78 is 0. The van der Waals surface area contributed by atoms with Gasteiger partial charge in [0.05, 0.1) is 0 Å². The van der Waals surface area contributed by atoms with Crippen molar-refractivity contribution < 1.29 is 9.59 Å². The number of carbonyl (C=O) groups excluding carboxylic acids is 2. The van der Waals surface area contributed by atoms with Crippen molar-refractivity contribution in [2.24, 2.45) is 5.92 Å². The van der Waals surface area contributed by atoms with Crippen LogP contribution >= 0.6 is 0 Å². The fraction of sp³-hybridized carbons (Fsp3) is 0.333. The number of hydrogen-bond donors (Lipinski definition) is 1. The van der Waals surface area contributed by atoms with E-state index in [-0.39, 0.29) is 17.7 Å². The molecule has 0 bridgehead atoms. The lowest BCUT2D eigenvalue weighted by Gasteiger charge is -2.27. The third-order valence-electron chi connectivity index (χ3n) is 4.69. The smallest absolute Gasteiger partial charge is 0.251 e. The van der Waals surface area contributed by atoms with Crippen molar-refractivity contribution in [2.75, 3.05) is 11.4 Å². The third-order valence-corrected chi connectivity index (χ3v) is 4.69. The number of anilines is 1. The van der Waals surface area contributed by atoms with E-state index in [1.807, 2.05) is 51.1 Å². The predicted molar refractivity (Wildman–Crippen MR) is 99.8 cm³/mol. The number of nitrogens with zero attached hydrogens (tertiary/aromatic N) is 1. The van der Waals surface area contributed by atoms with E-state index in [0.717, 1.165) is 17.7 Å². The first kappa shape index (κ1) is 17.2. The maximum Gasteiger partial charge on any atom is 0.251 e. The Labute approximate surface area is 148 Å². The van der Waals surface area contributed by atoms with E-state index < -0.39 is 6.04 Å². The highest BCUT2D eigenvalue weighted by Crippen LogP contribution is 2.28. The lowest BCUT2D eigenvalue weighted by atomic mass is 10.0. The Bertz CT molecular complexity index is 781. The van der Waals surface area contributed by atoms with Gasteiger partial charge in [0, 0.05) is 17.8 Å². The first-order valence-electron chi connectivity index (χ1n) is 8.74. The molecule has 0 saturated carbocycles. The summed E-state index contributed by atoms with van der Waals surface area (Å²) in [5, 5.41) is 2.93. The molecule has 1 heterocycles. The lowest BCUT2D eigenvalue weighted by molar-refractivity contribution is -0.121. The van der Waals surface area contributed by atoms with Gasteiger partial charge in [0.2, 0.25) is 5.91 Å². The highest BCUT2D eigenvalue weighted by atomic mass is 16.2. The molecule has 0 aromatic heterocycles. The SMILES string of the molecule is Cc1ccc(C(=O)NC(C(=O)N2CCc3ccccc32)C(C)C)cc1. The topological polar surface area (TPSA) is 49.4 Å². The van der Waals surface area contributed by atoms with Gasteiger partial charge in [-0.25, -0.2) is 0 Å².